The topological polar surface area (TPSA) is 68.5 Å². The Hall–Kier alpha value is -1.78. The highest BCUT2D eigenvalue weighted by Gasteiger charge is 2.50. The third kappa shape index (κ3) is 1.92. The molecule has 0 bridgehead atoms. The van der Waals surface area contributed by atoms with Gasteiger partial charge in [-0.15, -0.1) is 0 Å². The van der Waals surface area contributed by atoms with E-state index in [1.54, 1.807) is 23.7 Å². The van der Waals surface area contributed by atoms with E-state index in [0.29, 0.717) is 25.0 Å². The number of hydrogen-bond donors (Lipinski definition) is 1. The van der Waals surface area contributed by atoms with Gasteiger partial charge < -0.3 is 14.4 Å². The molecule has 0 atom stereocenters. The number of carbonyl (C=O) groups is 2. The summed E-state index contributed by atoms with van der Waals surface area (Å²) in [6, 6.07) is 3.45. The first-order valence-corrected chi connectivity index (χ1v) is 5.46. The van der Waals surface area contributed by atoms with Crippen molar-refractivity contribution in [3.63, 3.8) is 0 Å². The summed E-state index contributed by atoms with van der Waals surface area (Å²) in [5, 5.41) is 9.12. The lowest BCUT2D eigenvalue weighted by atomic mass is 10.0. The van der Waals surface area contributed by atoms with Crippen molar-refractivity contribution < 1.29 is 19.4 Å². The largest absolute Gasteiger partial charge is 0.481 e. The SMILES string of the molecule is COC(=O)c1ccc(CC2(C(=O)O)CC2)n1C. The molecule has 0 radical (unpaired) electrons. The number of aromatic nitrogens is 1. The third-order valence-corrected chi connectivity index (χ3v) is 3.45. The van der Waals surface area contributed by atoms with Gasteiger partial charge in [-0.05, 0) is 25.0 Å². The number of hydrogen-bond acceptors (Lipinski definition) is 3. The number of esters is 1. The van der Waals surface area contributed by atoms with Gasteiger partial charge in [-0.2, -0.15) is 0 Å². The fourth-order valence-electron chi connectivity index (χ4n) is 2.00. The van der Waals surface area contributed by atoms with Crippen LogP contribution in [-0.2, 0) is 23.0 Å². The van der Waals surface area contributed by atoms with E-state index in [2.05, 4.69) is 4.74 Å². The van der Waals surface area contributed by atoms with Crippen LogP contribution in [0.3, 0.4) is 0 Å². The summed E-state index contributed by atoms with van der Waals surface area (Å²) in [4.78, 5) is 22.5. The molecule has 1 saturated carbocycles. The fourth-order valence-corrected chi connectivity index (χ4v) is 2.00. The Morgan fingerprint density at radius 3 is 2.59 bits per heavy atom. The van der Waals surface area contributed by atoms with Gasteiger partial charge in [0.05, 0.1) is 12.5 Å². The van der Waals surface area contributed by atoms with Crippen molar-refractivity contribution in [2.24, 2.45) is 12.5 Å². The number of carboxylic acids is 1. The summed E-state index contributed by atoms with van der Waals surface area (Å²) in [5.74, 6) is -1.16. The van der Waals surface area contributed by atoms with E-state index in [9.17, 15) is 9.59 Å². The van der Waals surface area contributed by atoms with Gasteiger partial charge in [0.15, 0.2) is 0 Å². The van der Waals surface area contributed by atoms with Gasteiger partial charge >= 0.3 is 11.9 Å². The van der Waals surface area contributed by atoms with Crippen LogP contribution in [0.15, 0.2) is 12.1 Å². The number of carbonyl (C=O) groups excluding carboxylic acids is 1. The summed E-state index contributed by atoms with van der Waals surface area (Å²) in [7, 11) is 3.08. The molecule has 2 rings (SSSR count). The Morgan fingerprint density at radius 1 is 1.47 bits per heavy atom. The molecule has 0 saturated heterocycles. The van der Waals surface area contributed by atoms with Gasteiger partial charge in [0, 0.05) is 19.2 Å². The minimum absolute atomic E-state index is 0.404. The van der Waals surface area contributed by atoms with Crippen LogP contribution >= 0.6 is 0 Å². The number of nitrogens with zero attached hydrogens (tertiary/aromatic N) is 1. The van der Waals surface area contributed by atoms with Crippen molar-refractivity contribution in [3.05, 3.63) is 23.5 Å². The van der Waals surface area contributed by atoms with Crippen molar-refractivity contribution in [1.82, 2.24) is 4.57 Å². The smallest absolute Gasteiger partial charge is 0.354 e. The minimum Gasteiger partial charge on any atom is -0.481 e. The van der Waals surface area contributed by atoms with E-state index in [1.165, 1.54) is 7.11 Å². The maximum absolute atomic E-state index is 11.4. The second-order valence-electron chi connectivity index (χ2n) is 4.52. The molecular weight excluding hydrogens is 222 g/mol. The van der Waals surface area contributed by atoms with Crippen LogP contribution in [0.1, 0.15) is 29.0 Å². The molecule has 1 N–H and O–H groups in total. The first-order valence-electron chi connectivity index (χ1n) is 5.46. The van der Waals surface area contributed by atoms with Crippen molar-refractivity contribution in [1.29, 1.82) is 0 Å². The van der Waals surface area contributed by atoms with Gasteiger partial charge in [-0.3, -0.25) is 4.79 Å². The molecule has 1 aliphatic carbocycles. The van der Waals surface area contributed by atoms with Crippen LogP contribution < -0.4 is 0 Å². The van der Waals surface area contributed by atoms with E-state index in [4.69, 9.17) is 5.11 Å². The quantitative estimate of drug-likeness (QED) is 0.799. The highest BCUT2D eigenvalue weighted by atomic mass is 16.5. The maximum atomic E-state index is 11.4. The number of rotatable bonds is 4. The number of ether oxygens (including phenoxy) is 1. The highest BCUT2D eigenvalue weighted by Crippen LogP contribution is 2.48. The van der Waals surface area contributed by atoms with E-state index in [-0.39, 0.29) is 0 Å². The van der Waals surface area contributed by atoms with E-state index in [0.717, 1.165) is 5.69 Å². The van der Waals surface area contributed by atoms with Gasteiger partial charge in [-0.1, -0.05) is 0 Å². The summed E-state index contributed by atoms with van der Waals surface area (Å²) in [6.07, 6.45) is 1.89. The summed E-state index contributed by atoms with van der Waals surface area (Å²) in [5.41, 5.74) is 0.688. The fraction of sp³-hybridized carbons (Fsp3) is 0.500. The predicted molar refractivity (Wildman–Crippen MR) is 59.8 cm³/mol. The van der Waals surface area contributed by atoms with E-state index < -0.39 is 17.4 Å². The molecule has 0 unspecified atom stereocenters. The molecule has 1 fully saturated rings. The number of carboxylic acid groups (broad SMARTS) is 1. The second-order valence-corrected chi connectivity index (χ2v) is 4.52. The number of aliphatic carboxylic acids is 1. The normalized spacial score (nSPS) is 16.6. The van der Waals surface area contributed by atoms with Gasteiger partial charge in [0.2, 0.25) is 0 Å². The third-order valence-electron chi connectivity index (χ3n) is 3.45. The van der Waals surface area contributed by atoms with Crippen molar-refractivity contribution in [3.8, 4) is 0 Å². The Labute approximate surface area is 99.0 Å². The van der Waals surface area contributed by atoms with Crippen LogP contribution in [0, 0.1) is 5.41 Å². The van der Waals surface area contributed by atoms with E-state index in [1.807, 2.05) is 0 Å². The minimum atomic E-state index is -0.752. The molecule has 1 aliphatic rings. The molecular formula is C12H15NO4. The average molecular weight is 237 g/mol. The Balaban J connectivity index is 2.21. The maximum Gasteiger partial charge on any atom is 0.354 e. The Bertz CT molecular complexity index is 471. The zero-order chi connectivity index (χ0) is 12.6. The predicted octanol–water partition coefficient (Wildman–Crippen LogP) is 1.22. The van der Waals surface area contributed by atoms with Crippen LogP contribution in [0.25, 0.3) is 0 Å². The second kappa shape index (κ2) is 3.91. The Kier molecular flexibility index (Phi) is 2.69. The van der Waals surface area contributed by atoms with Crippen LogP contribution in [0.5, 0.6) is 0 Å². The monoisotopic (exact) mass is 237 g/mol. The Morgan fingerprint density at radius 2 is 2.12 bits per heavy atom. The lowest BCUT2D eigenvalue weighted by molar-refractivity contribution is -0.143. The average Bonchev–Trinajstić information content (AvgIpc) is 3.00. The van der Waals surface area contributed by atoms with E-state index >= 15 is 0 Å². The molecule has 5 heteroatoms. The molecule has 92 valence electrons. The van der Waals surface area contributed by atoms with Gasteiger partial charge in [0.25, 0.3) is 0 Å². The van der Waals surface area contributed by atoms with Crippen molar-refractivity contribution >= 4 is 11.9 Å². The zero-order valence-corrected chi connectivity index (χ0v) is 9.90. The highest BCUT2D eigenvalue weighted by molar-refractivity contribution is 5.88. The van der Waals surface area contributed by atoms with Gasteiger partial charge in [0.1, 0.15) is 5.69 Å². The lowest BCUT2D eigenvalue weighted by Gasteiger charge is -2.11. The van der Waals surface area contributed by atoms with Crippen LogP contribution in [-0.4, -0.2) is 28.7 Å². The molecule has 1 aromatic rings. The standard InChI is InChI=1S/C12H15NO4/c1-13-8(3-4-9(13)10(14)17-2)7-12(5-6-12)11(15)16/h3-4H,5-7H2,1-2H3,(H,15,16). The molecule has 17 heavy (non-hydrogen) atoms. The molecule has 0 amide bonds. The lowest BCUT2D eigenvalue weighted by Crippen LogP contribution is -2.19. The van der Waals surface area contributed by atoms with Crippen LogP contribution in [0.2, 0.25) is 0 Å². The van der Waals surface area contributed by atoms with Crippen molar-refractivity contribution in [2.75, 3.05) is 7.11 Å². The van der Waals surface area contributed by atoms with Crippen LogP contribution in [0.4, 0.5) is 0 Å². The van der Waals surface area contributed by atoms with Crippen molar-refractivity contribution in [2.45, 2.75) is 19.3 Å². The first-order chi connectivity index (χ1) is 8.00. The molecule has 5 nitrogen and oxygen atoms in total. The molecule has 1 heterocycles. The first kappa shape index (κ1) is 11.7. The summed E-state index contributed by atoms with van der Waals surface area (Å²) < 4.78 is 6.35. The molecule has 0 aliphatic heterocycles. The van der Waals surface area contributed by atoms with Gasteiger partial charge in [-0.25, -0.2) is 4.79 Å². The summed E-state index contributed by atoms with van der Waals surface area (Å²) >= 11 is 0. The summed E-state index contributed by atoms with van der Waals surface area (Å²) in [6.45, 7) is 0. The molecule has 0 aromatic carbocycles. The molecule has 0 spiro atoms. The molecule has 1 aromatic heterocycles. The number of methoxy groups -OCH3 is 1. The zero-order valence-electron chi connectivity index (χ0n) is 9.90.